The minimum absolute atomic E-state index is 0. The van der Waals surface area contributed by atoms with Gasteiger partial charge in [0.15, 0.2) is 5.82 Å². The van der Waals surface area contributed by atoms with Crippen LogP contribution in [0.3, 0.4) is 0 Å². The molecule has 0 bridgehead atoms. The number of halogens is 1. The Bertz CT molecular complexity index is 1010. The van der Waals surface area contributed by atoms with Crippen molar-refractivity contribution < 1.29 is 10.2 Å². The van der Waals surface area contributed by atoms with Gasteiger partial charge in [-0.2, -0.15) is 0 Å². The van der Waals surface area contributed by atoms with E-state index in [1.165, 1.54) is 0 Å². The maximum absolute atomic E-state index is 5.20. The lowest BCUT2D eigenvalue weighted by atomic mass is 10.0. The number of anilines is 2. The second kappa shape index (κ2) is 8.98. The highest BCUT2D eigenvalue weighted by Gasteiger charge is 2.10. The number of methoxy groups -OCH3 is 1. The molecule has 0 amide bonds. The lowest BCUT2D eigenvalue weighted by molar-refractivity contribution is 0.415. The van der Waals surface area contributed by atoms with Crippen LogP contribution in [0.1, 0.15) is 0 Å². The van der Waals surface area contributed by atoms with E-state index in [0.717, 1.165) is 39.3 Å². The largest absolute Gasteiger partial charge is 0.497 e. The Labute approximate surface area is 163 Å². The lowest BCUT2D eigenvalue weighted by Gasteiger charge is -2.11. The molecule has 0 saturated heterocycles. The standard InChI is InChI=1S/C21H17N3O.ClH.H2O/c1-25-17-13-11-16(12-14-17)22-21-19-10-6-5-9-18(19)20(23-24-21)15-7-3-2-4-8-15;;/h2-14H,1H3,(H,22,24);1H;1H2. The van der Waals surface area contributed by atoms with Gasteiger partial charge in [-0.1, -0.05) is 54.6 Å². The maximum Gasteiger partial charge on any atom is 0.161 e. The molecule has 1 aromatic heterocycles. The SMILES string of the molecule is COc1ccc(Nc2nnc(-c3ccccc3)c3ccccc23)cc1.Cl.O. The summed E-state index contributed by atoms with van der Waals surface area (Å²) in [7, 11) is 1.66. The Balaban J connectivity index is 0.00000131. The molecule has 0 atom stereocenters. The van der Waals surface area contributed by atoms with E-state index in [2.05, 4.69) is 27.6 Å². The quantitative estimate of drug-likeness (QED) is 0.558. The molecule has 3 aromatic carbocycles. The molecule has 0 fully saturated rings. The molecule has 138 valence electrons. The Morgan fingerprint density at radius 1 is 0.741 bits per heavy atom. The summed E-state index contributed by atoms with van der Waals surface area (Å²) in [6.45, 7) is 0. The van der Waals surface area contributed by atoms with E-state index in [4.69, 9.17) is 4.74 Å². The van der Waals surface area contributed by atoms with E-state index >= 15 is 0 Å². The van der Waals surface area contributed by atoms with Crippen LogP contribution in [0.15, 0.2) is 78.9 Å². The first-order valence-electron chi connectivity index (χ1n) is 8.07. The molecule has 0 spiro atoms. The van der Waals surface area contributed by atoms with Crippen LogP contribution in [0.4, 0.5) is 11.5 Å². The average molecular weight is 382 g/mol. The van der Waals surface area contributed by atoms with Gasteiger partial charge in [0.1, 0.15) is 11.4 Å². The molecule has 0 aliphatic rings. The van der Waals surface area contributed by atoms with Gasteiger partial charge in [0, 0.05) is 22.0 Å². The van der Waals surface area contributed by atoms with Gasteiger partial charge in [-0.3, -0.25) is 0 Å². The molecule has 1 heterocycles. The summed E-state index contributed by atoms with van der Waals surface area (Å²) in [6, 6.07) is 26.0. The van der Waals surface area contributed by atoms with Crippen molar-refractivity contribution in [1.29, 1.82) is 0 Å². The van der Waals surface area contributed by atoms with E-state index < -0.39 is 0 Å². The zero-order chi connectivity index (χ0) is 17.1. The second-order valence-corrected chi connectivity index (χ2v) is 5.66. The molecule has 0 aliphatic heterocycles. The molecule has 0 aliphatic carbocycles. The molecule has 4 rings (SSSR count). The minimum atomic E-state index is 0. The van der Waals surface area contributed by atoms with Gasteiger partial charge in [-0.05, 0) is 24.3 Å². The molecular formula is C21H20ClN3O2. The molecule has 3 N–H and O–H groups in total. The summed E-state index contributed by atoms with van der Waals surface area (Å²) < 4.78 is 5.20. The van der Waals surface area contributed by atoms with Crippen LogP contribution in [0.25, 0.3) is 22.0 Å². The van der Waals surface area contributed by atoms with Crippen molar-refractivity contribution >= 4 is 34.7 Å². The number of rotatable bonds is 4. The van der Waals surface area contributed by atoms with Crippen molar-refractivity contribution in [1.82, 2.24) is 10.2 Å². The number of ether oxygens (including phenoxy) is 1. The predicted octanol–water partition coefficient (Wildman–Crippen LogP) is 4.65. The Kier molecular flexibility index (Phi) is 6.71. The fraction of sp³-hybridized carbons (Fsp3) is 0.0476. The Hall–Kier alpha value is -3.15. The molecule has 0 saturated carbocycles. The summed E-state index contributed by atoms with van der Waals surface area (Å²) >= 11 is 0. The minimum Gasteiger partial charge on any atom is -0.497 e. The van der Waals surface area contributed by atoms with E-state index in [-0.39, 0.29) is 17.9 Å². The molecule has 27 heavy (non-hydrogen) atoms. The third-order valence-electron chi connectivity index (χ3n) is 4.09. The van der Waals surface area contributed by atoms with E-state index in [9.17, 15) is 0 Å². The van der Waals surface area contributed by atoms with Gasteiger partial charge in [-0.25, -0.2) is 0 Å². The van der Waals surface area contributed by atoms with Gasteiger partial charge in [0.2, 0.25) is 0 Å². The number of nitrogens with zero attached hydrogens (tertiary/aromatic N) is 2. The van der Waals surface area contributed by atoms with Gasteiger partial charge in [0.05, 0.1) is 7.11 Å². The smallest absolute Gasteiger partial charge is 0.161 e. The van der Waals surface area contributed by atoms with Crippen LogP contribution >= 0.6 is 12.4 Å². The van der Waals surface area contributed by atoms with Crippen molar-refractivity contribution in [3.05, 3.63) is 78.9 Å². The van der Waals surface area contributed by atoms with Crippen LogP contribution in [-0.4, -0.2) is 22.8 Å². The van der Waals surface area contributed by atoms with Crippen molar-refractivity contribution in [2.45, 2.75) is 0 Å². The normalized spacial score (nSPS) is 9.81. The van der Waals surface area contributed by atoms with Crippen molar-refractivity contribution in [3.8, 4) is 17.0 Å². The fourth-order valence-electron chi connectivity index (χ4n) is 2.82. The highest BCUT2D eigenvalue weighted by Crippen LogP contribution is 2.31. The van der Waals surface area contributed by atoms with Crippen molar-refractivity contribution in [2.75, 3.05) is 12.4 Å². The van der Waals surface area contributed by atoms with Crippen molar-refractivity contribution in [2.24, 2.45) is 0 Å². The first kappa shape index (κ1) is 20.2. The van der Waals surface area contributed by atoms with Crippen LogP contribution in [0, 0.1) is 0 Å². The third kappa shape index (κ3) is 4.16. The first-order chi connectivity index (χ1) is 12.3. The number of hydrogen-bond acceptors (Lipinski definition) is 4. The Morgan fingerprint density at radius 3 is 2.04 bits per heavy atom. The molecule has 5 nitrogen and oxygen atoms in total. The number of benzene rings is 3. The summed E-state index contributed by atoms with van der Waals surface area (Å²) in [4.78, 5) is 0. The highest BCUT2D eigenvalue weighted by atomic mass is 35.5. The molecule has 4 aromatic rings. The number of nitrogens with one attached hydrogen (secondary N) is 1. The molecular weight excluding hydrogens is 362 g/mol. The van der Waals surface area contributed by atoms with Crippen LogP contribution in [0.5, 0.6) is 5.75 Å². The molecule has 0 radical (unpaired) electrons. The van der Waals surface area contributed by atoms with E-state index in [0.29, 0.717) is 0 Å². The van der Waals surface area contributed by atoms with Gasteiger partial charge in [0.25, 0.3) is 0 Å². The summed E-state index contributed by atoms with van der Waals surface area (Å²) in [5.74, 6) is 1.56. The zero-order valence-electron chi connectivity index (χ0n) is 14.7. The second-order valence-electron chi connectivity index (χ2n) is 5.66. The van der Waals surface area contributed by atoms with Crippen LogP contribution < -0.4 is 10.1 Å². The topological polar surface area (TPSA) is 78.5 Å². The summed E-state index contributed by atoms with van der Waals surface area (Å²) in [5.41, 5.74) is 2.88. The van der Waals surface area contributed by atoms with Gasteiger partial charge < -0.3 is 15.5 Å². The number of hydrogen-bond donors (Lipinski definition) is 1. The fourth-order valence-corrected chi connectivity index (χ4v) is 2.82. The first-order valence-corrected chi connectivity index (χ1v) is 8.07. The maximum atomic E-state index is 5.20. The molecule has 6 heteroatoms. The zero-order valence-corrected chi connectivity index (χ0v) is 15.5. The van der Waals surface area contributed by atoms with Gasteiger partial charge >= 0.3 is 0 Å². The number of aromatic nitrogens is 2. The highest BCUT2D eigenvalue weighted by molar-refractivity contribution is 6.00. The summed E-state index contributed by atoms with van der Waals surface area (Å²) in [5, 5.41) is 14.3. The Morgan fingerprint density at radius 2 is 1.37 bits per heavy atom. The third-order valence-corrected chi connectivity index (χ3v) is 4.09. The van der Waals surface area contributed by atoms with E-state index in [1.807, 2.05) is 66.7 Å². The molecule has 0 unspecified atom stereocenters. The summed E-state index contributed by atoms with van der Waals surface area (Å²) in [6.07, 6.45) is 0. The monoisotopic (exact) mass is 381 g/mol. The van der Waals surface area contributed by atoms with Gasteiger partial charge in [-0.15, -0.1) is 22.6 Å². The van der Waals surface area contributed by atoms with Crippen molar-refractivity contribution in [3.63, 3.8) is 0 Å². The van der Waals surface area contributed by atoms with Crippen LogP contribution in [0.2, 0.25) is 0 Å². The number of fused-ring (bicyclic) bond motifs is 1. The van der Waals surface area contributed by atoms with Crippen LogP contribution in [-0.2, 0) is 0 Å². The average Bonchev–Trinajstić information content (AvgIpc) is 2.69. The lowest BCUT2D eigenvalue weighted by Crippen LogP contribution is -1.99. The van der Waals surface area contributed by atoms with E-state index in [1.54, 1.807) is 7.11 Å². The predicted molar refractivity (Wildman–Crippen MR) is 112 cm³/mol.